The number of fused-ring (bicyclic) bond motifs is 1. The van der Waals surface area contributed by atoms with E-state index in [1.807, 2.05) is 13.0 Å². The van der Waals surface area contributed by atoms with Gasteiger partial charge in [-0.2, -0.15) is 0 Å². The smallest absolute Gasteiger partial charge is 0.150 e. The summed E-state index contributed by atoms with van der Waals surface area (Å²) in [5, 5.41) is 13.9. The fourth-order valence-electron chi connectivity index (χ4n) is 3.65. The third kappa shape index (κ3) is 2.30. The molecule has 1 aliphatic heterocycles. The Labute approximate surface area is 113 Å². The number of aromatic nitrogens is 1. The average molecular weight is 266 g/mol. The van der Waals surface area contributed by atoms with E-state index in [0.29, 0.717) is 0 Å². The monoisotopic (exact) mass is 266 g/mol. The predicted molar refractivity (Wildman–Crippen MR) is 69.7 cm³/mol. The van der Waals surface area contributed by atoms with E-state index in [4.69, 9.17) is 9.26 Å². The van der Waals surface area contributed by atoms with E-state index < -0.39 is 0 Å². The van der Waals surface area contributed by atoms with Gasteiger partial charge in [0.25, 0.3) is 0 Å². The summed E-state index contributed by atoms with van der Waals surface area (Å²) >= 11 is 0. The third-order valence-electron chi connectivity index (χ3n) is 4.71. The number of aliphatic hydroxyl groups is 1. The fraction of sp³-hybridized carbons (Fsp3) is 0.786. The Morgan fingerprint density at radius 3 is 3.11 bits per heavy atom. The number of ether oxygens (including phenoxy) is 1. The first-order valence-corrected chi connectivity index (χ1v) is 7.02. The Morgan fingerprint density at radius 2 is 2.42 bits per heavy atom. The second kappa shape index (κ2) is 4.89. The van der Waals surface area contributed by atoms with Crippen LogP contribution in [0.3, 0.4) is 0 Å². The highest BCUT2D eigenvalue weighted by molar-refractivity contribution is 5.08. The van der Waals surface area contributed by atoms with Crippen LogP contribution in [-0.2, 0) is 11.3 Å². The van der Waals surface area contributed by atoms with Gasteiger partial charge >= 0.3 is 0 Å². The molecule has 0 aromatic carbocycles. The molecule has 1 saturated carbocycles. The van der Waals surface area contributed by atoms with Crippen molar-refractivity contribution in [2.24, 2.45) is 0 Å². The number of likely N-dealkylation sites (tertiary alicyclic amines) is 1. The van der Waals surface area contributed by atoms with E-state index in [2.05, 4.69) is 10.1 Å². The molecule has 3 rings (SSSR count). The minimum absolute atomic E-state index is 0.0751. The summed E-state index contributed by atoms with van der Waals surface area (Å²) in [6, 6.07) is 2.26. The number of rotatable bonds is 3. The van der Waals surface area contributed by atoms with Crippen LogP contribution >= 0.6 is 0 Å². The van der Waals surface area contributed by atoms with Crippen LogP contribution in [-0.4, -0.2) is 46.6 Å². The number of hydrogen-bond acceptors (Lipinski definition) is 5. The van der Waals surface area contributed by atoms with Crippen LogP contribution in [0.1, 0.15) is 37.1 Å². The van der Waals surface area contributed by atoms with Crippen molar-refractivity contribution in [2.45, 2.75) is 56.9 Å². The highest BCUT2D eigenvalue weighted by Crippen LogP contribution is 2.42. The predicted octanol–water partition coefficient (Wildman–Crippen LogP) is 1.49. The van der Waals surface area contributed by atoms with Crippen molar-refractivity contribution in [3.05, 3.63) is 17.5 Å². The lowest BCUT2D eigenvalue weighted by molar-refractivity contribution is -0.0886. The summed E-state index contributed by atoms with van der Waals surface area (Å²) in [7, 11) is 1.80. The van der Waals surface area contributed by atoms with Gasteiger partial charge in [-0.15, -0.1) is 0 Å². The Balaban J connectivity index is 1.76. The molecule has 0 unspecified atom stereocenters. The Hall–Kier alpha value is -0.910. The van der Waals surface area contributed by atoms with Crippen LogP contribution in [0.25, 0.3) is 0 Å². The summed E-state index contributed by atoms with van der Waals surface area (Å²) in [4.78, 5) is 2.37. The van der Waals surface area contributed by atoms with E-state index in [9.17, 15) is 5.11 Å². The standard InChI is InChI=1S/C14H22N2O3/c1-10-7-12(19-15-10)9-16-6-5-14(18-2)4-3-11(17)8-13(14)16/h7,11,13,17H,3-6,8-9H2,1-2H3/t11-,13-,14+/m0/s1. The molecule has 1 aromatic rings. The van der Waals surface area contributed by atoms with Crippen molar-refractivity contribution >= 4 is 0 Å². The third-order valence-corrected chi connectivity index (χ3v) is 4.71. The second-order valence-corrected chi connectivity index (χ2v) is 5.87. The van der Waals surface area contributed by atoms with E-state index in [0.717, 1.165) is 50.2 Å². The lowest BCUT2D eigenvalue weighted by Gasteiger charge is -2.42. The lowest BCUT2D eigenvalue weighted by Crippen LogP contribution is -2.51. The summed E-state index contributed by atoms with van der Waals surface area (Å²) in [5.41, 5.74) is 0.838. The maximum Gasteiger partial charge on any atom is 0.150 e. The van der Waals surface area contributed by atoms with Gasteiger partial charge in [0.1, 0.15) is 0 Å². The molecule has 1 aliphatic carbocycles. The Kier molecular flexibility index (Phi) is 3.37. The number of hydrogen-bond donors (Lipinski definition) is 1. The van der Waals surface area contributed by atoms with Gasteiger partial charge in [0.2, 0.25) is 0 Å². The van der Waals surface area contributed by atoms with Gasteiger partial charge < -0.3 is 14.4 Å². The van der Waals surface area contributed by atoms with Crippen LogP contribution in [0.15, 0.2) is 10.6 Å². The van der Waals surface area contributed by atoms with Crippen LogP contribution < -0.4 is 0 Å². The topological polar surface area (TPSA) is 58.7 Å². The molecule has 2 heterocycles. The molecular weight excluding hydrogens is 244 g/mol. The lowest BCUT2D eigenvalue weighted by atomic mass is 9.79. The Morgan fingerprint density at radius 1 is 1.58 bits per heavy atom. The maximum atomic E-state index is 9.94. The zero-order valence-corrected chi connectivity index (χ0v) is 11.6. The van der Waals surface area contributed by atoms with Crippen LogP contribution in [0, 0.1) is 6.92 Å². The van der Waals surface area contributed by atoms with Gasteiger partial charge in [-0.1, -0.05) is 5.16 Å². The largest absolute Gasteiger partial charge is 0.393 e. The highest BCUT2D eigenvalue weighted by Gasteiger charge is 2.50. The maximum absolute atomic E-state index is 9.94. The molecule has 106 valence electrons. The molecule has 1 N–H and O–H groups in total. The quantitative estimate of drug-likeness (QED) is 0.898. The van der Waals surface area contributed by atoms with Crippen molar-refractivity contribution in [3.8, 4) is 0 Å². The number of aliphatic hydroxyl groups excluding tert-OH is 1. The van der Waals surface area contributed by atoms with Gasteiger partial charge in [-0.25, -0.2) is 0 Å². The van der Waals surface area contributed by atoms with Gasteiger partial charge in [-0.3, -0.25) is 4.90 Å². The summed E-state index contributed by atoms with van der Waals surface area (Å²) in [5.74, 6) is 0.893. The molecule has 0 bridgehead atoms. The molecule has 0 spiro atoms. The van der Waals surface area contributed by atoms with Crippen molar-refractivity contribution < 1.29 is 14.4 Å². The number of aryl methyl sites for hydroxylation is 1. The molecule has 2 fully saturated rings. The normalized spacial score (nSPS) is 35.5. The Bertz CT molecular complexity index is 448. The molecular formula is C14H22N2O3. The molecule has 0 amide bonds. The summed E-state index contributed by atoms with van der Waals surface area (Å²) in [6.45, 7) is 3.68. The van der Waals surface area contributed by atoms with Gasteiger partial charge in [-0.05, 0) is 32.6 Å². The van der Waals surface area contributed by atoms with Gasteiger partial charge in [0, 0.05) is 25.8 Å². The SMILES string of the molecule is CO[C@@]12CC[C@H](O)C[C@@H]1N(Cc1cc(C)no1)CC2. The molecule has 5 heteroatoms. The minimum atomic E-state index is -0.203. The molecule has 3 atom stereocenters. The number of methoxy groups -OCH3 is 1. The van der Waals surface area contributed by atoms with Crippen molar-refractivity contribution in [1.29, 1.82) is 0 Å². The first kappa shape index (κ1) is 13.1. The van der Waals surface area contributed by atoms with Crippen LogP contribution in [0.4, 0.5) is 0 Å². The van der Waals surface area contributed by atoms with E-state index in [1.54, 1.807) is 7.11 Å². The first-order valence-electron chi connectivity index (χ1n) is 7.02. The van der Waals surface area contributed by atoms with Crippen molar-refractivity contribution in [3.63, 3.8) is 0 Å². The molecule has 1 aromatic heterocycles. The van der Waals surface area contributed by atoms with Gasteiger partial charge in [0.05, 0.1) is 23.9 Å². The molecule has 0 radical (unpaired) electrons. The van der Waals surface area contributed by atoms with Crippen molar-refractivity contribution in [2.75, 3.05) is 13.7 Å². The molecule has 1 saturated heterocycles. The summed E-state index contributed by atoms with van der Waals surface area (Å²) < 4.78 is 11.1. The second-order valence-electron chi connectivity index (χ2n) is 5.87. The highest BCUT2D eigenvalue weighted by atomic mass is 16.5. The van der Waals surface area contributed by atoms with E-state index >= 15 is 0 Å². The minimum Gasteiger partial charge on any atom is -0.393 e. The first-order chi connectivity index (χ1) is 9.13. The number of nitrogens with zero attached hydrogens (tertiary/aromatic N) is 2. The molecule has 5 nitrogen and oxygen atoms in total. The zero-order valence-electron chi connectivity index (χ0n) is 11.6. The van der Waals surface area contributed by atoms with Crippen molar-refractivity contribution in [1.82, 2.24) is 10.1 Å². The average Bonchev–Trinajstić information content (AvgIpc) is 2.96. The van der Waals surface area contributed by atoms with E-state index in [1.165, 1.54) is 0 Å². The molecule has 2 aliphatic rings. The summed E-state index contributed by atoms with van der Waals surface area (Å²) in [6.07, 6.45) is 3.42. The molecule has 19 heavy (non-hydrogen) atoms. The van der Waals surface area contributed by atoms with Crippen LogP contribution in [0.2, 0.25) is 0 Å². The zero-order chi connectivity index (χ0) is 13.5. The van der Waals surface area contributed by atoms with E-state index in [-0.39, 0.29) is 17.7 Å². The van der Waals surface area contributed by atoms with Crippen LogP contribution in [0.5, 0.6) is 0 Å². The van der Waals surface area contributed by atoms with Gasteiger partial charge in [0.15, 0.2) is 5.76 Å². The fourth-order valence-corrected chi connectivity index (χ4v) is 3.65.